The van der Waals surface area contributed by atoms with Gasteiger partial charge in [0.25, 0.3) is 5.91 Å². The molecule has 5 heteroatoms. The molecule has 0 aliphatic heterocycles. The highest BCUT2D eigenvalue weighted by Gasteiger charge is 2.13. The van der Waals surface area contributed by atoms with Crippen molar-refractivity contribution in [3.63, 3.8) is 0 Å². The van der Waals surface area contributed by atoms with E-state index in [1.165, 1.54) is 0 Å². The van der Waals surface area contributed by atoms with E-state index in [4.69, 9.17) is 9.47 Å². The van der Waals surface area contributed by atoms with E-state index in [-0.39, 0.29) is 18.6 Å². The van der Waals surface area contributed by atoms with Crippen LogP contribution in [0.2, 0.25) is 0 Å². The molecule has 126 valence electrons. The minimum Gasteiger partial charge on any atom is -0.494 e. The first-order valence-electron chi connectivity index (χ1n) is 7.85. The standard InChI is InChI=1S/C19H21NO4/c1-3-23-17-11-9-16(10-12-17)19(22)20-13-18(21)24-14(2)15-7-5-4-6-8-15/h4-12,14H,3,13H2,1-2H3,(H,20,22)/t14-/m0/s1. The van der Waals surface area contributed by atoms with E-state index in [0.717, 1.165) is 5.56 Å². The lowest BCUT2D eigenvalue weighted by Gasteiger charge is -2.14. The third-order valence-electron chi connectivity index (χ3n) is 3.40. The number of rotatable bonds is 7. The average molecular weight is 327 g/mol. The second-order valence-electron chi connectivity index (χ2n) is 5.18. The Hall–Kier alpha value is -2.82. The Morgan fingerprint density at radius 2 is 1.71 bits per heavy atom. The largest absolute Gasteiger partial charge is 0.494 e. The zero-order valence-corrected chi connectivity index (χ0v) is 13.8. The second-order valence-corrected chi connectivity index (χ2v) is 5.18. The van der Waals surface area contributed by atoms with E-state index >= 15 is 0 Å². The summed E-state index contributed by atoms with van der Waals surface area (Å²) in [7, 11) is 0. The van der Waals surface area contributed by atoms with Gasteiger partial charge in [-0.15, -0.1) is 0 Å². The Morgan fingerprint density at radius 3 is 2.33 bits per heavy atom. The molecule has 1 atom stereocenters. The number of carbonyl (C=O) groups excluding carboxylic acids is 2. The molecule has 0 spiro atoms. The molecular weight excluding hydrogens is 306 g/mol. The molecule has 1 N–H and O–H groups in total. The maximum absolute atomic E-state index is 12.0. The summed E-state index contributed by atoms with van der Waals surface area (Å²) in [5.41, 5.74) is 1.37. The van der Waals surface area contributed by atoms with Crippen molar-refractivity contribution in [3.8, 4) is 5.75 Å². The molecule has 0 saturated heterocycles. The Bertz CT molecular complexity index is 668. The van der Waals surface area contributed by atoms with Crippen LogP contribution < -0.4 is 10.1 Å². The van der Waals surface area contributed by atoms with Crippen molar-refractivity contribution < 1.29 is 19.1 Å². The summed E-state index contributed by atoms with van der Waals surface area (Å²) in [5.74, 6) is -0.113. The predicted octanol–water partition coefficient (Wildman–Crippen LogP) is 3.12. The SMILES string of the molecule is CCOc1ccc(C(=O)NCC(=O)O[C@@H](C)c2ccccc2)cc1. The van der Waals surface area contributed by atoms with Gasteiger partial charge in [-0.25, -0.2) is 0 Å². The molecule has 0 heterocycles. The first-order chi connectivity index (χ1) is 11.6. The predicted molar refractivity (Wildman–Crippen MR) is 90.9 cm³/mol. The van der Waals surface area contributed by atoms with Gasteiger partial charge in [0.15, 0.2) is 0 Å². The van der Waals surface area contributed by atoms with Crippen molar-refractivity contribution in [2.24, 2.45) is 0 Å². The van der Waals surface area contributed by atoms with E-state index in [9.17, 15) is 9.59 Å². The Balaban J connectivity index is 1.81. The molecule has 0 radical (unpaired) electrons. The van der Waals surface area contributed by atoms with Crippen LogP contribution >= 0.6 is 0 Å². The van der Waals surface area contributed by atoms with Crippen LogP contribution in [0.25, 0.3) is 0 Å². The van der Waals surface area contributed by atoms with E-state index in [1.807, 2.05) is 37.3 Å². The van der Waals surface area contributed by atoms with Crippen LogP contribution in [0, 0.1) is 0 Å². The monoisotopic (exact) mass is 327 g/mol. The molecule has 2 aromatic rings. The quantitative estimate of drug-likeness (QED) is 0.794. The summed E-state index contributed by atoms with van der Waals surface area (Å²) in [6, 6.07) is 16.2. The number of hydrogen-bond donors (Lipinski definition) is 1. The van der Waals surface area contributed by atoms with E-state index in [2.05, 4.69) is 5.32 Å². The number of esters is 1. The first kappa shape index (κ1) is 17.5. The van der Waals surface area contributed by atoms with Gasteiger partial charge in [-0.1, -0.05) is 30.3 Å². The van der Waals surface area contributed by atoms with Gasteiger partial charge in [0.05, 0.1) is 6.61 Å². The van der Waals surface area contributed by atoms with Crippen LogP contribution in [0.1, 0.15) is 35.9 Å². The van der Waals surface area contributed by atoms with Crippen molar-refractivity contribution in [2.45, 2.75) is 20.0 Å². The fourth-order valence-electron chi connectivity index (χ4n) is 2.15. The van der Waals surface area contributed by atoms with Crippen LogP contribution in [0.4, 0.5) is 0 Å². The maximum Gasteiger partial charge on any atom is 0.326 e. The second kappa shape index (κ2) is 8.72. The highest BCUT2D eigenvalue weighted by Crippen LogP contribution is 2.16. The lowest BCUT2D eigenvalue weighted by molar-refractivity contribution is -0.147. The zero-order chi connectivity index (χ0) is 17.4. The summed E-state index contributed by atoms with van der Waals surface area (Å²) in [4.78, 5) is 23.9. The number of benzene rings is 2. The third kappa shape index (κ3) is 5.12. The van der Waals surface area contributed by atoms with Gasteiger partial charge in [-0.2, -0.15) is 0 Å². The summed E-state index contributed by atoms with van der Waals surface area (Å²) in [5, 5.41) is 2.55. The van der Waals surface area contributed by atoms with Crippen molar-refractivity contribution in [1.29, 1.82) is 0 Å². The topological polar surface area (TPSA) is 64.6 Å². The van der Waals surface area contributed by atoms with Crippen molar-refractivity contribution in [2.75, 3.05) is 13.2 Å². The Kier molecular flexibility index (Phi) is 6.37. The number of carbonyl (C=O) groups is 2. The molecule has 0 saturated carbocycles. The van der Waals surface area contributed by atoms with Crippen LogP contribution in [0.5, 0.6) is 5.75 Å². The number of amides is 1. The normalized spacial score (nSPS) is 11.4. The third-order valence-corrected chi connectivity index (χ3v) is 3.40. The molecule has 2 aromatic carbocycles. The Labute approximate surface area is 141 Å². The summed E-state index contributed by atoms with van der Waals surface area (Å²) >= 11 is 0. The average Bonchev–Trinajstić information content (AvgIpc) is 2.61. The van der Waals surface area contributed by atoms with Crippen molar-refractivity contribution in [1.82, 2.24) is 5.32 Å². The van der Waals surface area contributed by atoms with E-state index in [1.54, 1.807) is 31.2 Å². The lowest BCUT2D eigenvalue weighted by Crippen LogP contribution is -2.31. The number of hydrogen-bond acceptors (Lipinski definition) is 4. The van der Waals surface area contributed by atoms with Crippen LogP contribution in [-0.4, -0.2) is 25.0 Å². The van der Waals surface area contributed by atoms with Gasteiger partial charge in [0, 0.05) is 5.56 Å². The summed E-state index contributed by atoms with van der Waals surface area (Å²) in [6.07, 6.45) is -0.360. The molecule has 0 unspecified atom stereocenters. The van der Waals surface area contributed by atoms with Gasteiger partial charge >= 0.3 is 5.97 Å². The van der Waals surface area contributed by atoms with Crippen LogP contribution in [0.3, 0.4) is 0 Å². The lowest BCUT2D eigenvalue weighted by atomic mass is 10.1. The van der Waals surface area contributed by atoms with Gasteiger partial charge in [-0.3, -0.25) is 9.59 Å². The molecule has 0 aromatic heterocycles. The van der Waals surface area contributed by atoms with Gasteiger partial charge in [-0.05, 0) is 43.7 Å². The zero-order valence-electron chi connectivity index (χ0n) is 13.8. The fourth-order valence-corrected chi connectivity index (χ4v) is 2.15. The van der Waals surface area contributed by atoms with Gasteiger partial charge < -0.3 is 14.8 Å². The molecule has 0 aliphatic carbocycles. The maximum atomic E-state index is 12.0. The smallest absolute Gasteiger partial charge is 0.326 e. The minimum absolute atomic E-state index is 0.177. The first-order valence-corrected chi connectivity index (χ1v) is 7.85. The highest BCUT2D eigenvalue weighted by molar-refractivity contribution is 5.96. The van der Waals surface area contributed by atoms with E-state index < -0.39 is 5.97 Å². The molecule has 5 nitrogen and oxygen atoms in total. The van der Waals surface area contributed by atoms with Crippen molar-refractivity contribution in [3.05, 3.63) is 65.7 Å². The molecule has 2 rings (SSSR count). The van der Waals surface area contributed by atoms with E-state index in [0.29, 0.717) is 17.9 Å². The molecule has 24 heavy (non-hydrogen) atoms. The highest BCUT2D eigenvalue weighted by atomic mass is 16.5. The molecule has 0 bridgehead atoms. The molecule has 0 fully saturated rings. The summed E-state index contributed by atoms with van der Waals surface area (Å²) < 4.78 is 10.6. The van der Waals surface area contributed by atoms with Crippen LogP contribution in [0.15, 0.2) is 54.6 Å². The fraction of sp³-hybridized carbons (Fsp3) is 0.263. The number of ether oxygens (including phenoxy) is 2. The molecule has 1 amide bonds. The van der Waals surface area contributed by atoms with Crippen molar-refractivity contribution >= 4 is 11.9 Å². The van der Waals surface area contributed by atoms with Crippen LogP contribution in [-0.2, 0) is 9.53 Å². The summed E-state index contributed by atoms with van der Waals surface area (Å²) in [6.45, 7) is 4.07. The molecular formula is C19H21NO4. The Morgan fingerprint density at radius 1 is 1.04 bits per heavy atom. The molecule has 0 aliphatic rings. The minimum atomic E-state index is -0.481. The number of nitrogens with one attached hydrogen (secondary N) is 1. The van der Waals surface area contributed by atoms with Gasteiger partial charge in [0.2, 0.25) is 0 Å². The van der Waals surface area contributed by atoms with Gasteiger partial charge in [0.1, 0.15) is 18.4 Å².